The van der Waals surface area contributed by atoms with Crippen LogP contribution in [0.3, 0.4) is 0 Å². The number of ether oxygens (including phenoxy) is 1. The zero-order chi connectivity index (χ0) is 14.9. The number of rotatable bonds is 3. The number of fused-ring (bicyclic) bond motifs is 2. The largest absolute Gasteiger partial charge is 0.375 e. The van der Waals surface area contributed by atoms with Crippen molar-refractivity contribution in [2.45, 2.75) is 19.6 Å². The minimum Gasteiger partial charge on any atom is -0.375 e. The van der Waals surface area contributed by atoms with Gasteiger partial charge in [-0.1, -0.05) is 23.5 Å². The second-order valence-corrected chi connectivity index (χ2v) is 6.18. The summed E-state index contributed by atoms with van der Waals surface area (Å²) in [6, 6.07) is 7.75. The Kier molecular flexibility index (Phi) is 3.36. The molecule has 0 radical (unpaired) electrons. The molecule has 3 heterocycles. The summed E-state index contributed by atoms with van der Waals surface area (Å²) in [7, 11) is 0. The predicted octanol–water partition coefficient (Wildman–Crippen LogP) is 2.20. The molecule has 0 fully saturated rings. The van der Waals surface area contributed by atoms with Crippen LogP contribution in [0.5, 0.6) is 0 Å². The quantitative estimate of drug-likeness (QED) is 0.805. The summed E-state index contributed by atoms with van der Waals surface area (Å²) in [5.74, 6) is -0.102. The minimum absolute atomic E-state index is 0.102. The number of hydrogen-bond acceptors (Lipinski definition) is 5. The van der Waals surface area contributed by atoms with Crippen LogP contribution in [0.25, 0.3) is 11.0 Å². The standard InChI is InChI=1S/C15H14N4O2S/c20-14(7-19-9-16-10-3-1-2-4-12(10)19)18-15-17-11-5-6-21-8-13(11)22-15/h1-4,9H,5-8H2,(H,17,18,20). The molecule has 0 saturated carbocycles. The second kappa shape index (κ2) is 5.51. The van der Waals surface area contributed by atoms with Gasteiger partial charge >= 0.3 is 0 Å². The number of amides is 1. The van der Waals surface area contributed by atoms with Gasteiger partial charge in [-0.15, -0.1) is 0 Å². The van der Waals surface area contributed by atoms with Crippen LogP contribution >= 0.6 is 11.3 Å². The third kappa shape index (κ3) is 2.49. The zero-order valence-electron chi connectivity index (χ0n) is 11.8. The molecule has 0 spiro atoms. The number of para-hydroxylation sites is 2. The van der Waals surface area contributed by atoms with Crippen LogP contribution in [0.4, 0.5) is 5.13 Å². The number of nitrogens with one attached hydrogen (secondary N) is 1. The maximum atomic E-state index is 12.2. The maximum absolute atomic E-state index is 12.2. The van der Waals surface area contributed by atoms with Crippen LogP contribution in [-0.2, 0) is 29.1 Å². The highest BCUT2D eigenvalue weighted by Gasteiger charge is 2.17. The summed E-state index contributed by atoms with van der Waals surface area (Å²) >= 11 is 1.49. The Bertz CT molecular complexity index is 816. The number of hydrogen-bond donors (Lipinski definition) is 1. The lowest BCUT2D eigenvalue weighted by molar-refractivity contribution is -0.116. The Morgan fingerprint density at radius 2 is 2.32 bits per heavy atom. The van der Waals surface area contributed by atoms with E-state index in [-0.39, 0.29) is 12.5 Å². The van der Waals surface area contributed by atoms with Crippen LogP contribution < -0.4 is 5.32 Å². The molecule has 0 unspecified atom stereocenters. The van der Waals surface area contributed by atoms with Crippen molar-refractivity contribution in [1.29, 1.82) is 0 Å². The van der Waals surface area contributed by atoms with Crippen LogP contribution in [0, 0.1) is 0 Å². The van der Waals surface area contributed by atoms with Crippen molar-refractivity contribution < 1.29 is 9.53 Å². The molecule has 0 aliphatic carbocycles. The Balaban J connectivity index is 1.49. The predicted molar refractivity (Wildman–Crippen MR) is 83.8 cm³/mol. The van der Waals surface area contributed by atoms with E-state index in [1.54, 1.807) is 6.33 Å². The van der Waals surface area contributed by atoms with E-state index in [4.69, 9.17) is 4.74 Å². The van der Waals surface area contributed by atoms with E-state index in [9.17, 15) is 4.79 Å². The number of benzene rings is 1. The highest BCUT2D eigenvalue weighted by Crippen LogP contribution is 2.27. The van der Waals surface area contributed by atoms with Gasteiger partial charge in [-0.25, -0.2) is 9.97 Å². The molecule has 1 aliphatic heterocycles. The number of carbonyl (C=O) groups is 1. The molecule has 6 nitrogen and oxygen atoms in total. The Morgan fingerprint density at radius 1 is 1.41 bits per heavy atom. The first-order valence-electron chi connectivity index (χ1n) is 7.05. The molecule has 3 aromatic rings. The van der Waals surface area contributed by atoms with Crippen LogP contribution in [0.2, 0.25) is 0 Å². The van der Waals surface area contributed by atoms with E-state index in [1.807, 2.05) is 28.8 Å². The first-order valence-corrected chi connectivity index (χ1v) is 7.87. The van der Waals surface area contributed by atoms with Crippen molar-refractivity contribution in [1.82, 2.24) is 14.5 Å². The van der Waals surface area contributed by atoms with Gasteiger partial charge in [0.05, 0.1) is 41.1 Å². The van der Waals surface area contributed by atoms with E-state index in [1.165, 1.54) is 11.3 Å². The SMILES string of the molecule is O=C(Cn1cnc2ccccc21)Nc1nc2c(s1)COCC2. The number of aromatic nitrogens is 3. The third-order valence-electron chi connectivity index (χ3n) is 3.58. The van der Waals surface area contributed by atoms with Crippen molar-refractivity contribution in [3.05, 3.63) is 41.2 Å². The highest BCUT2D eigenvalue weighted by molar-refractivity contribution is 7.15. The number of thiazole rings is 1. The number of imidazole rings is 1. The van der Waals surface area contributed by atoms with Gasteiger partial charge in [0.15, 0.2) is 5.13 Å². The third-order valence-corrected chi connectivity index (χ3v) is 4.57. The van der Waals surface area contributed by atoms with E-state index in [0.717, 1.165) is 28.0 Å². The Labute approximate surface area is 130 Å². The summed E-state index contributed by atoms with van der Waals surface area (Å²) in [4.78, 5) is 22.1. The molecule has 22 heavy (non-hydrogen) atoms. The number of carbonyl (C=O) groups excluding carboxylic acids is 1. The van der Waals surface area contributed by atoms with Crippen molar-refractivity contribution in [2.24, 2.45) is 0 Å². The van der Waals surface area contributed by atoms with Crippen molar-refractivity contribution in [2.75, 3.05) is 11.9 Å². The first kappa shape index (κ1) is 13.4. The Hall–Kier alpha value is -2.25. The molecule has 7 heteroatoms. The average Bonchev–Trinajstić information content (AvgIpc) is 3.11. The molecule has 0 saturated heterocycles. The van der Waals surface area contributed by atoms with E-state index in [2.05, 4.69) is 15.3 Å². The number of nitrogens with zero attached hydrogens (tertiary/aromatic N) is 3. The summed E-state index contributed by atoms with van der Waals surface area (Å²) in [5, 5.41) is 3.51. The van der Waals surface area contributed by atoms with Gasteiger partial charge in [-0.3, -0.25) is 4.79 Å². The van der Waals surface area contributed by atoms with Crippen molar-refractivity contribution >= 4 is 33.4 Å². The minimum atomic E-state index is -0.102. The van der Waals surface area contributed by atoms with E-state index < -0.39 is 0 Å². The fourth-order valence-electron chi connectivity index (χ4n) is 2.53. The van der Waals surface area contributed by atoms with Gasteiger partial charge in [-0.05, 0) is 12.1 Å². The topological polar surface area (TPSA) is 69.0 Å². The fraction of sp³-hybridized carbons (Fsp3) is 0.267. The maximum Gasteiger partial charge on any atom is 0.246 e. The lowest BCUT2D eigenvalue weighted by atomic mass is 10.2. The summed E-state index contributed by atoms with van der Waals surface area (Å²) in [6.07, 6.45) is 2.50. The smallest absolute Gasteiger partial charge is 0.246 e. The zero-order valence-corrected chi connectivity index (χ0v) is 12.6. The van der Waals surface area contributed by atoms with Gasteiger partial charge in [0.2, 0.25) is 5.91 Å². The van der Waals surface area contributed by atoms with Gasteiger partial charge in [0, 0.05) is 6.42 Å². The van der Waals surface area contributed by atoms with Crippen molar-refractivity contribution in [3.63, 3.8) is 0 Å². The normalized spacial score (nSPS) is 14.0. The fourth-order valence-corrected chi connectivity index (χ4v) is 3.49. The molecule has 1 amide bonds. The Morgan fingerprint density at radius 3 is 3.23 bits per heavy atom. The molecule has 112 valence electrons. The highest BCUT2D eigenvalue weighted by atomic mass is 32.1. The van der Waals surface area contributed by atoms with Crippen molar-refractivity contribution in [3.8, 4) is 0 Å². The van der Waals surface area contributed by atoms with E-state index in [0.29, 0.717) is 18.3 Å². The second-order valence-electron chi connectivity index (χ2n) is 5.10. The molecule has 0 bridgehead atoms. The van der Waals surface area contributed by atoms with Gasteiger partial charge < -0.3 is 14.6 Å². The molecule has 2 aromatic heterocycles. The first-order chi connectivity index (χ1) is 10.8. The van der Waals surface area contributed by atoms with Crippen LogP contribution in [0.1, 0.15) is 10.6 Å². The summed E-state index contributed by atoms with van der Waals surface area (Å²) < 4.78 is 7.23. The molecular weight excluding hydrogens is 300 g/mol. The molecule has 0 atom stereocenters. The summed E-state index contributed by atoms with van der Waals surface area (Å²) in [5.41, 5.74) is 2.88. The van der Waals surface area contributed by atoms with Gasteiger partial charge in [0.1, 0.15) is 6.54 Å². The molecular formula is C15H14N4O2S. The summed E-state index contributed by atoms with van der Waals surface area (Å²) in [6.45, 7) is 1.52. The molecule has 1 aliphatic rings. The number of anilines is 1. The van der Waals surface area contributed by atoms with Gasteiger partial charge in [0.25, 0.3) is 0 Å². The van der Waals surface area contributed by atoms with E-state index >= 15 is 0 Å². The molecule has 4 rings (SSSR count). The van der Waals surface area contributed by atoms with Crippen LogP contribution in [-0.4, -0.2) is 27.0 Å². The lowest BCUT2D eigenvalue weighted by Gasteiger charge is -2.08. The van der Waals surface area contributed by atoms with Crippen LogP contribution in [0.15, 0.2) is 30.6 Å². The average molecular weight is 314 g/mol. The monoisotopic (exact) mass is 314 g/mol. The lowest BCUT2D eigenvalue weighted by Crippen LogP contribution is -2.18. The molecule has 1 aromatic carbocycles. The molecule has 1 N–H and O–H groups in total. The van der Waals surface area contributed by atoms with Gasteiger partial charge in [-0.2, -0.15) is 0 Å².